The molecule has 10 nitrogen and oxygen atoms in total. The Kier molecular flexibility index (Phi) is 12.2. The highest BCUT2D eigenvalue weighted by Crippen LogP contribution is 2.41. The summed E-state index contributed by atoms with van der Waals surface area (Å²) in [6.45, 7) is 1.03. The van der Waals surface area contributed by atoms with Crippen molar-refractivity contribution < 1.29 is 28.8 Å². The zero-order valence-electron chi connectivity index (χ0n) is 24.2. The van der Waals surface area contributed by atoms with Crippen molar-refractivity contribution in [3.05, 3.63) is 98.4 Å². The van der Waals surface area contributed by atoms with Crippen molar-refractivity contribution in [3.63, 3.8) is 0 Å². The molecule has 0 aliphatic rings. The fourth-order valence-corrected chi connectivity index (χ4v) is 5.05. The second-order valence-corrected chi connectivity index (χ2v) is 10.5. The number of aliphatic hydroxyl groups excluding tert-OH is 1. The molecule has 2 heterocycles. The normalized spacial score (nSPS) is 11.1. The molecule has 2 aromatic carbocycles. The summed E-state index contributed by atoms with van der Waals surface area (Å²) in [5, 5.41) is 15.7. The molecule has 4 rings (SSSR count). The van der Waals surface area contributed by atoms with Gasteiger partial charge in [0.05, 0.1) is 40.0 Å². The number of anilines is 1. The van der Waals surface area contributed by atoms with Gasteiger partial charge in [-0.2, -0.15) is 0 Å². The molecule has 3 N–H and O–H groups in total. The highest BCUT2D eigenvalue weighted by molar-refractivity contribution is 6.39. The van der Waals surface area contributed by atoms with Gasteiger partial charge in [0.25, 0.3) is 5.91 Å². The van der Waals surface area contributed by atoms with Crippen LogP contribution in [-0.2, 0) is 22.6 Å². The summed E-state index contributed by atoms with van der Waals surface area (Å²) < 4.78 is 22.0. The average molecular weight is 662 g/mol. The van der Waals surface area contributed by atoms with E-state index in [4.69, 9.17) is 58.9 Å². The fourth-order valence-electron chi connectivity index (χ4n) is 4.28. The van der Waals surface area contributed by atoms with Crippen LogP contribution in [0.2, 0.25) is 15.1 Å². The van der Waals surface area contributed by atoms with Crippen LogP contribution in [0.3, 0.4) is 0 Å². The Hall–Kier alpha value is -3.48. The largest absolute Gasteiger partial charge is 0.486 e. The number of nitrogens with zero attached hydrogens (tertiary/aromatic N) is 2. The van der Waals surface area contributed by atoms with E-state index in [0.717, 1.165) is 5.56 Å². The topological polar surface area (TPSA) is 124 Å². The van der Waals surface area contributed by atoms with Crippen molar-refractivity contribution in [2.75, 3.05) is 39.8 Å². The van der Waals surface area contributed by atoms with Crippen LogP contribution >= 0.6 is 34.8 Å². The highest BCUT2D eigenvalue weighted by Gasteiger charge is 2.21. The summed E-state index contributed by atoms with van der Waals surface area (Å²) in [6, 6.07) is 15.6. The molecule has 0 radical (unpaired) electrons. The van der Waals surface area contributed by atoms with Crippen molar-refractivity contribution in [2.24, 2.45) is 0 Å². The fraction of sp³-hybridized carbons (Fsp3) is 0.258. The Morgan fingerprint density at radius 1 is 0.977 bits per heavy atom. The van der Waals surface area contributed by atoms with Gasteiger partial charge in [-0.3, -0.25) is 9.78 Å². The molecule has 0 aliphatic carbocycles. The third-order valence-corrected chi connectivity index (χ3v) is 7.58. The molecule has 0 aliphatic heterocycles. The molecule has 0 saturated carbocycles. The third kappa shape index (κ3) is 7.96. The number of carbonyl (C=O) groups excluding carboxylic acids is 1. The average Bonchev–Trinajstić information content (AvgIpc) is 3.03. The number of hydrogen-bond donors (Lipinski definition) is 3. The van der Waals surface area contributed by atoms with Gasteiger partial charge in [0.2, 0.25) is 5.88 Å². The molecule has 0 saturated heterocycles. The number of hydrogen-bond acceptors (Lipinski definition) is 9. The Labute approximate surface area is 270 Å². The van der Waals surface area contributed by atoms with Crippen LogP contribution in [0.5, 0.6) is 11.6 Å². The molecule has 2 aromatic heterocycles. The first kappa shape index (κ1) is 33.4. The van der Waals surface area contributed by atoms with Crippen LogP contribution in [0, 0.1) is 0 Å². The van der Waals surface area contributed by atoms with Crippen LogP contribution in [0.15, 0.2) is 60.8 Å². The number of rotatable bonds is 14. The van der Waals surface area contributed by atoms with Gasteiger partial charge in [-0.1, -0.05) is 65.1 Å². The molecule has 44 heavy (non-hydrogen) atoms. The van der Waals surface area contributed by atoms with E-state index >= 15 is 0 Å². The van der Waals surface area contributed by atoms with E-state index in [2.05, 4.69) is 20.6 Å². The Morgan fingerprint density at radius 2 is 1.70 bits per heavy atom. The number of amides is 1. The van der Waals surface area contributed by atoms with Gasteiger partial charge in [-0.25, -0.2) is 4.98 Å². The van der Waals surface area contributed by atoms with Gasteiger partial charge in [-0.15, -0.1) is 0 Å². The van der Waals surface area contributed by atoms with Crippen LogP contribution in [0.25, 0.3) is 11.1 Å². The Morgan fingerprint density at radius 3 is 2.36 bits per heavy atom. The molecular formula is C31H31Cl3N4O6. The number of benzene rings is 2. The van der Waals surface area contributed by atoms with Crippen LogP contribution in [0.1, 0.15) is 33.6 Å². The lowest BCUT2D eigenvalue weighted by atomic mass is 10.0. The number of ether oxygens (including phenoxy) is 4. The van der Waals surface area contributed by atoms with E-state index in [0.29, 0.717) is 62.0 Å². The third-order valence-electron chi connectivity index (χ3n) is 6.46. The van der Waals surface area contributed by atoms with Crippen LogP contribution < -0.4 is 20.1 Å². The van der Waals surface area contributed by atoms with Crippen molar-refractivity contribution in [3.8, 4) is 22.8 Å². The Balaban J connectivity index is 1.51. The molecule has 232 valence electrons. The van der Waals surface area contributed by atoms with Gasteiger partial charge in [-0.05, 0) is 29.8 Å². The van der Waals surface area contributed by atoms with Crippen LogP contribution in [-0.4, -0.2) is 55.5 Å². The second-order valence-electron chi connectivity index (χ2n) is 9.30. The molecule has 0 bridgehead atoms. The second kappa shape index (κ2) is 16.0. The SMILES string of the molecule is COc1nc(COc2cccc(-c3cccc(NC(=O)c4ccc(CNCCO)cn4)c3Cl)c2Cl)c(Cl)cc1C(OC)OC. The molecule has 1 amide bonds. The van der Waals surface area contributed by atoms with E-state index in [9.17, 15) is 4.79 Å². The summed E-state index contributed by atoms with van der Waals surface area (Å²) in [4.78, 5) is 21.6. The lowest BCUT2D eigenvalue weighted by Gasteiger charge is -2.18. The zero-order chi connectivity index (χ0) is 31.6. The van der Waals surface area contributed by atoms with E-state index in [1.54, 1.807) is 60.8 Å². The van der Waals surface area contributed by atoms with Crippen molar-refractivity contribution in [2.45, 2.75) is 19.4 Å². The highest BCUT2D eigenvalue weighted by atomic mass is 35.5. The molecule has 0 fully saturated rings. The molecule has 13 heteroatoms. The number of aliphatic hydroxyl groups is 1. The molecule has 0 unspecified atom stereocenters. The number of nitrogens with one attached hydrogen (secondary N) is 2. The number of methoxy groups -OCH3 is 3. The van der Waals surface area contributed by atoms with Crippen LogP contribution in [0.4, 0.5) is 5.69 Å². The minimum Gasteiger partial charge on any atom is -0.486 e. The summed E-state index contributed by atoms with van der Waals surface area (Å²) in [6.07, 6.45) is 0.898. The molecular weight excluding hydrogens is 631 g/mol. The number of halogens is 3. The maximum Gasteiger partial charge on any atom is 0.274 e. The summed E-state index contributed by atoms with van der Waals surface area (Å²) in [5.41, 5.74) is 3.64. The van der Waals surface area contributed by atoms with E-state index < -0.39 is 12.2 Å². The first-order valence-electron chi connectivity index (χ1n) is 13.4. The number of pyridine rings is 2. The predicted octanol–water partition coefficient (Wildman–Crippen LogP) is 6.32. The quantitative estimate of drug-likeness (QED) is 0.105. The lowest BCUT2D eigenvalue weighted by molar-refractivity contribution is -0.107. The van der Waals surface area contributed by atoms with Gasteiger partial charge in [0.1, 0.15) is 23.7 Å². The van der Waals surface area contributed by atoms with Crippen molar-refractivity contribution in [1.29, 1.82) is 0 Å². The van der Waals surface area contributed by atoms with Gasteiger partial charge in [0, 0.05) is 44.6 Å². The molecule has 0 spiro atoms. The number of aromatic nitrogens is 2. The van der Waals surface area contributed by atoms with Crippen molar-refractivity contribution >= 4 is 46.4 Å². The monoisotopic (exact) mass is 660 g/mol. The van der Waals surface area contributed by atoms with E-state index in [1.807, 2.05) is 0 Å². The summed E-state index contributed by atoms with van der Waals surface area (Å²) >= 11 is 20.0. The molecule has 0 atom stereocenters. The maximum atomic E-state index is 12.9. The smallest absolute Gasteiger partial charge is 0.274 e. The first-order valence-corrected chi connectivity index (χ1v) is 14.5. The predicted molar refractivity (Wildman–Crippen MR) is 170 cm³/mol. The minimum atomic E-state index is -0.705. The summed E-state index contributed by atoms with van der Waals surface area (Å²) in [7, 11) is 4.49. The van der Waals surface area contributed by atoms with E-state index in [1.165, 1.54) is 21.3 Å². The standard InChI is InChI=1S/C31H31Cl3N4O6/c1-41-30-21(31(42-2)43-3)14-22(32)25(38-30)17-44-26-9-5-7-20(28(26)34)19-6-4-8-23(27(19)33)37-29(40)24-11-10-18(16-36-24)15-35-12-13-39/h4-11,14,16,31,35,39H,12-13,15,17H2,1-3H3,(H,37,40). The summed E-state index contributed by atoms with van der Waals surface area (Å²) in [5.74, 6) is 0.239. The lowest BCUT2D eigenvalue weighted by Crippen LogP contribution is -2.18. The van der Waals surface area contributed by atoms with Gasteiger partial charge in [0.15, 0.2) is 6.29 Å². The molecule has 4 aromatic rings. The minimum absolute atomic E-state index is 0.00358. The van der Waals surface area contributed by atoms with Crippen molar-refractivity contribution in [1.82, 2.24) is 15.3 Å². The zero-order valence-corrected chi connectivity index (χ0v) is 26.5. The van der Waals surface area contributed by atoms with Gasteiger partial charge < -0.3 is 34.7 Å². The first-order chi connectivity index (χ1) is 21.3. The number of carbonyl (C=O) groups is 1. The van der Waals surface area contributed by atoms with Gasteiger partial charge >= 0.3 is 0 Å². The van der Waals surface area contributed by atoms with E-state index in [-0.39, 0.29) is 24.8 Å². The Bertz CT molecular complexity index is 1590. The maximum absolute atomic E-state index is 12.9.